The zero-order valence-electron chi connectivity index (χ0n) is 14.2. The van der Waals surface area contributed by atoms with Gasteiger partial charge in [-0.15, -0.1) is 11.3 Å². The van der Waals surface area contributed by atoms with Crippen LogP contribution in [-0.4, -0.2) is 17.1 Å². The lowest BCUT2D eigenvalue weighted by Crippen LogP contribution is -2.12. The zero-order chi connectivity index (χ0) is 16.8. The summed E-state index contributed by atoms with van der Waals surface area (Å²) in [6.45, 7) is 6.27. The van der Waals surface area contributed by atoms with Crippen LogP contribution in [-0.2, 0) is 0 Å². The molecule has 0 unspecified atom stereocenters. The Balaban J connectivity index is 1.90. The topological polar surface area (TPSA) is 53.2 Å². The largest absolute Gasteiger partial charge is 0.494 e. The molecule has 1 aliphatic heterocycles. The van der Waals surface area contributed by atoms with E-state index in [1.807, 2.05) is 6.07 Å². The molecule has 0 aliphatic carbocycles. The molecule has 4 heterocycles. The highest BCUT2D eigenvalue weighted by atomic mass is 32.1. The van der Waals surface area contributed by atoms with Crippen molar-refractivity contribution in [3.63, 3.8) is 0 Å². The Morgan fingerprint density at radius 1 is 1.12 bits per heavy atom. The van der Waals surface area contributed by atoms with Crippen molar-refractivity contribution in [2.75, 3.05) is 7.11 Å². The van der Waals surface area contributed by atoms with Gasteiger partial charge in [-0.2, -0.15) is 0 Å². The van der Waals surface area contributed by atoms with Gasteiger partial charge >= 0.3 is 0 Å². The van der Waals surface area contributed by atoms with E-state index in [2.05, 4.69) is 55.0 Å². The molecule has 2 N–H and O–H groups in total. The minimum Gasteiger partial charge on any atom is -0.494 e. The van der Waals surface area contributed by atoms with Gasteiger partial charge in [0.1, 0.15) is 10.4 Å². The van der Waals surface area contributed by atoms with Crippen LogP contribution in [0.4, 0.5) is 0 Å². The van der Waals surface area contributed by atoms with Crippen LogP contribution in [0.2, 0.25) is 0 Å². The molecule has 0 bridgehead atoms. The predicted molar refractivity (Wildman–Crippen MR) is 98.1 cm³/mol. The molecule has 0 fully saturated rings. The van der Waals surface area contributed by atoms with Crippen molar-refractivity contribution in [2.45, 2.75) is 20.8 Å². The number of nitrogens with one attached hydrogen (secondary N) is 2. The van der Waals surface area contributed by atoms with Crippen LogP contribution in [0.15, 0.2) is 23.2 Å². The van der Waals surface area contributed by atoms with Gasteiger partial charge in [0, 0.05) is 27.6 Å². The summed E-state index contributed by atoms with van der Waals surface area (Å²) in [5, 5.41) is 3.11. The maximum absolute atomic E-state index is 5.54. The molecule has 5 heteroatoms. The first kappa shape index (κ1) is 15.0. The summed E-state index contributed by atoms with van der Waals surface area (Å²) < 4.78 is 6.62. The Bertz CT molecular complexity index is 1140. The number of fused-ring (bicyclic) bond motifs is 1. The molecule has 4 nitrogen and oxygen atoms in total. The number of methoxy groups -OCH3 is 1. The van der Waals surface area contributed by atoms with Crippen molar-refractivity contribution in [1.82, 2.24) is 9.97 Å². The first-order chi connectivity index (χ1) is 11.5. The van der Waals surface area contributed by atoms with Crippen molar-refractivity contribution in [3.05, 3.63) is 60.6 Å². The third-order valence-electron chi connectivity index (χ3n) is 4.16. The van der Waals surface area contributed by atoms with Crippen LogP contribution in [0.3, 0.4) is 0 Å². The fraction of sp³-hybridized carbons (Fsp3) is 0.211. The van der Waals surface area contributed by atoms with Gasteiger partial charge in [0.05, 0.1) is 23.5 Å². The summed E-state index contributed by atoms with van der Waals surface area (Å²) in [6, 6.07) is 6.32. The van der Waals surface area contributed by atoms with Crippen LogP contribution in [0, 0.1) is 20.8 Å². The Morgan fingerprint density at radius 2 is 1.96 bits per heavy atom. The minimum absolute atomic E-state index is 0.819. The Kier molecular flexibility index (Phi) is 3.46. The van der Waals surface area contributed by atoms with Crippen molar-refractivity contribution < 1.29 is 4.74 Å². The SMILES string of the molecule is COc1cc(=C2C=c3cc(C)sc3=N2)[nH]c1=Cc1[nH]c(C)cc1C. The van der Waals surface area contributed by atoms with E-state index in [0.717, 1.165) is 38.2 Å². The van der Waals surface area contributed by atoms with Crippen molar-refractivity contribution in [2.24, 2.45) is 4.99 Å². The molecule has 3 aromatic rings. The molecule has 0 saturated heterocycles. The highest BCUT2D eigenvalue weighted by Crippen LogP contribution is 2.11. The van der Waals surface area contributed by atoms with Gasteiger partial charge in [0.2, 0.25) is 0 Å². The number of ether oxygens (including phenoxy) is 1. The molecule has 24 heavy (non-hydrogen) atoms. The fourth-order valence-electron chi connectivity index (χ4n) is 3.05. The fourth-order valence-corrected chi connectivity index (χ4v) is 3.92. The maximum atomic E-state index is 5.54. The first-order valence-electron chi connectivity index (χ1n) is 7.85. The van der Waals surface area contributed by atoms with Crippen LogP contribution in [0.1, 0.15) is 21.8 Å². The van der Waals surface area contributed by atoms with E-state index in [1.54, 1.807) is 18.4 Å². The van der Waals surface area contributed by atoms with Gasteiger partial charge in [-0.25, -0.2) is 4.99 Å². The van der Waals surface area contributed by atoms with Crippen molar-refractivity contribution in [1.29, 1.82) is 0 Å². The summed E-state index contributed by atoms with van der Waals surface area (Å²) in [5.74, 6) is 0.819. The summed E-state index contributed by atoms with van der Waals surface area (Å²) >= 11 is 1.72. The molecule has 0 radical (unpaired) electrons. The van der Waals surface area contributed by atoms with Crippen LogP contribution in [0.5, 0.6) is 5.75 Å². The lowest BCUT2D eigenvalue weighted by Gasteiger charge is -1.94. The van der Waals surface area contributed by atoms with Gasteiger partial charge in [-0.1, -0.05) is 0 Å². The third-order valence-corrected chi connectivity index (χ3v) is 5.12. The van der Waals surface area contributed by atoms with E-state index >= 15 is 0 Å². The average Bonchev–Trinajstić information content (AvgIpc) is 3.23. The molecule has 0 saturated carbocycles. The van der Waals surface area contributed by atoms with Gasteiger partial charge in [-0.05, 0) is 50.6 Å². The van der Waals surface area contributed by atoms with Gasteiger partial charge in [0.25, 0.3) is 0 Å². The number of hydrogen-bond acceptors (Lipinski definition) is 3. The second-order valence-electron chi connectivity index (χ2n) is 6.12. The van der Waals surface area contributed by atoms with Gasteiger partial charge < -0.3 is 14.7 Å². The first-order valence-corrected chi connectivity index (χ1v) is 8.67. The Morgan fingerprint density at radius 3 is 2.62 bits per heavy atom. The second kappa shape index (κ2) is 5.53. The smallest absolute Gasteiger partial charge is 0.144 e. The number of aromatic amines is 2. The molecule has 0 spiro atoms. The van der Waals surface area contributed by atoms with Crippen LogP contribution in [0.25, 0.3) is 17.8 Å². The van der Waals surface area contributed by atoms with E-state index in [-0.39, 0.29) is 0 Å². The molecule has 0 atom stereocenters. The molecule has 122 valence electrons. The molecule has 0 amide bonds. The van der Waals surface area contributed by atoms with E-state index in [0.29, 0.717) is 0 Å². The maximum Gasteiger partial charge on any atom is 0.144 e. The molecular formula is C19H19N3OS. The van der Waals surface area contributed by atoms with E-state index < -0.39 is 0 Å². The lowest BCUT2D eigenvalue weighted by molar-refractivity contribution is 0.412. The quantitative estimate of drug-likeness (QED) is 0.729. The molecule has 0 aromatic carbocycles. The summed E-state index contributed by atoms with van der Waals surface area (Å²) in [5.41, 5.74) is 4.41. The van der Waals surface area contributed by atoms with E-state index in [9.17, 15) is 0 Å². The van der Waals surface area contributed by atoms with Crippen LogP contribution >= 0.6 is 11.3 Å². The molecule has 3 aromatic heterocycles. The number of nitrogens with zero attached hydrogens (tertiary/aromatic N) is 1. The predicted octanol–water partition coefficient (Wildman–Crippen LogP) is 1.39. The minimum atomic E-state index is 0.819. The lowest BCUT2D eigenvalue weighted by atomic mass is 10.2. The van der Waals surface area contributed by atoms with E-state index in [1.165, 1.54) is 15.7 Å². The third kappa shape index (κ3) is 2.51. The van der Waals surface area contributed by atoms with Gasteiger partial charge in [-0.3, -0.25) is 0 Å². The van der Waals surface area contributed by atoms with Gasteiger partial charge in [0.15, 0.2) is 0 Å². The number of thiophene rings is 1. The molecule has 4 rings (SSSR count). The number of hydrogen-bond donors (Lipinski definition) is 2. The highest BCUT2D eigenvalue weighted by Gasteiger charge is 2.08. The van der Waals surface area contributed by atoms with Crippen molar-refractivity contribution in [3.8, 4) is 5.75 Å². The van der Waals surface area contributed by atoms with Crippen molar-refractivity contribution >= 4 is 29.2 Å². The standard InChI is InChI=1S/C19H19N3OS/c1-10-5-11(2)20-14(10)8-17-18(23-4)9-16(21-17)15-7-13-6-12(3)24-19(13)22-15/h5-9,20-21H,1-4H3. The summed E-state index contributed by atoms with van der Waals surface area (Å²) in [7, 11) is 1.69. The molecule has 1 aliphatic rings. The highest BCUT2D eigenvalue weighted by molar-refractivity contribution is 7.09. The number of rotatable bonds is 2. The zero-order valence-corrected chi connectivity index (χ0v) is 15.0. The number of aryl methyl sites for hydroxylation is 3. The second-order valence-corrected chi connectivity index (χ2v) is 7.35. The summed E-state index contributed by atoms with van der Waals surface area (Å²) in [6.07, 6.45) is 4.21. The Hall–Kier alpha value is -2.53. The van der Waals surface area contributed by atoms with Crippen LogP contribution < -0.4 is 25.3 Å². The normalized spacial score (nSPS) is 16.1. The molecular weight excluding hydrogens is 318 g/mol. The monoisotopic (exact) mass is 337 g/mol. The number of aromatic nitrogens is 2. The van der Waals surface area contributed by atoms with E-state index in [4.69, 9.17) is 9.73 Å². The average molecular weight is 337 g/mol. The summed E-state index contributed by atoms with van der Waals surface area (Å²) in [4.78, 5) is 12.8. The Labute approximate surface area is 143 Å². The number of H-pyrrole nitrogens is 2.